The van der Waals surface area contributed by atoms with E-state index in [2.05, 4.69) is 24.8 Å². The topological polar surface area (TPSA) is 59.0 Å². The standard InChI is InChI=1S/C18H25NO4/c1-13-4-3-5-16(14(13)2)23-9-7-19-10-15-6-8-22-12-18(15,11-19)17(20)21/h3-5,15H,6-12H2,1-2H3,(H,20,21)/t15-,18+/m0/s1. The molecule has 2 atom stereocenters. The number of ether oxygens (including phenoxy) is 2. The Morgan fingerprint density at radius 2 is 2.30 bits per heavy atom. The second-order valence-electron chi connectivity index (χ2n) is 6.78. The number of carbonyl (C=O) groups is 1. The first-order valence-corrected chi connectivity index (χ1v) is 8.25. The van der Waals surface area contributed by atoms with Crippen LogP contribution in [-0.2, 0) is 9.53 Å². The second kappa shape index (κ2) is 6.49. The molecular formula is C18H25NO4. The summed E-state index contributed by atoms with van der Waals surface area (Å²) in [5.41, 5.74) is 1.66. The van der Waals surface area contributed by atoms with E-state index in [1.54, 1.807) is 0 Å². The summed E-state index contributed by atoms with van der Waals surface area (Å²) in [5, 5.41) is 9.65. The molecular weight excluding hydrogens is 294 g/mol. The maximum absolute atomic E-state index is 11.7. The van der Waals surface area contributed by atoms with E-state index in [1.165, 1.54) is 5.56 Å². The molecule has 0 saturated carbocycles. The van der Waals surface area contributed by atoms with Crippen LogP contribution in [0.3, 0.4) is 0 Å². The molecule has 0 radical (unpaired) electrons. The Bertz CT molecular complexity index is 588. The van der Waals surface area contributed by atoms with Gasteiger partial charge >= 0.3 is 5.97 Å². The van der Waals surface area contributed by atoms with Crippen LogP contribution in [0, 0.1) is 25.2 Å². The molecule has 0 amide bonds. The van der Waals surface area contributed by atoms with Crippen molar-refractivity contribution in [2.45, 2.75) is 20.3 Å². The molecule has 1 aromatic rings. The molecule has 126 valence electrons. The van der Waals surface area contributed by atoms with E-state index in [0.29, 0.717) is 26.4 Å². The van der Waals surface area contributed by atoms with Gasteiger partial charge in [0.1, 0.15) is 17.8 Å². The lowest BCUT2D eigenvalue weighted by atomic mass is 9.76. The molecule has 2 aliphatic rings. The minimum Gasteiger partial charge on any atom is -0.492 e. The van der Waals surface area contributed by atoms with Gasteiger partial charge in [0, 0.05) is 26.2 Å². The highest BCUT2D eigenvalue weighted by Gasteiger charge is 2.53. The number of likely N-dealkylation sites (tertiary alicyclic amines) is 1. The van der Waals surface area contributed by atoms with Crippen LogP contribution < -0.4 is 4.74 Å². The number of hydrogen-bond donors (Lipinski definition) is 1. The van der Waals surface area contributed by atoms with E-state index >= 15 is 0 Å². The largest absolute Gasteiger partial charge is 0.492 e. The van der Waals surface area contributed by atoms with Crippen molar-refractivity contribution in [3.63, 3.8) is 0 Å². The molecule has 0 bridgehead atoms. The molecule has 5 heteroatoms. The van der Waals surface area contributed by atoms with E-state index in [1.807, 2.05) is 12.1 Å². The number of rotatable bonds is 5. The Kier molecular flexibility index (Phi) is 4.60. The van der Waals surface area contributed by atoms with E-state index in [0.717, 1.165) is 30.8 Å². The maximum atomic E-state index is 11.7. The van der Waals surface area contributed by atoms with Gasteiger partial charge in [0.2, 0.25) is 0 Å². The van der Waals surface area contributed by atoms with Crippen LogP contribution in [0.2, 0.25) is 0 Å². The van der Waals surface area contributed by atoms with Crippen molar-refractivity contribution >= 4 is 5.97 Å². The molecule has 0 spiro atoms. The first-order chi connectivity index (χ1) is 11.0. The smallest absolute Gasteiger partial charge is 0.313 e. The first-order valence-electron chi connectivity index (χ1n) is 8.25. The van der Waals surface area contributed by atoms with Crippen LogP contribution in [-0.4, -0.2) is 55.4 Å². The van der Waals surface area contributed by atoms with Gasteiger partial charge in [-0.05, 0) is 43.4 Å². The van der Waals surface area contributed by atoms with Gasteiger partial charge < -0.3 is 14.6 Å². The van der Waals surface area contributed by atoms with Crippen molar-refractivity contribution in [3.8, 4) is 5.75 Å². The van der Waals surface area contributed by atoms with Gasteiger partial charge in [0.15, 0.2) is 0 Å². The molecule has 2 heterocycles. The molecule has 3 rings (SSSR count). The van der Waals surface area contributed by atoms with Crippen molar-refractivity contribution in [2.24, 2.45) is 11.3 Å². The first kappa shape index (κ1) is 16.3. The molecule has 23 heavy (non-hydrogen) atoms. The number of aryl methyl sites for hydroxylation is 1. The van der Waals surface area contributed by atoms with Gasteiger partial charge in [-0.15, -0.1) is 0 Å². The minimum absolute atomic E-state index is 0.189. The summed E-state index contributed by atoms with van der Waals surface area (Å²) < 4.78 is 11.4. The predicted molar refractivity (Wildman–Crippen MR) is 86.8 cm³/mol. The van der Waals surface area contributed by atoms with Gasteiger partial charge in [-0.25, -0.2) is 0 Å². The highest BCUT2D eigenvalue weighted by Crippen LogP contribution is 2.41. The molecule has 0 aromatic heterocycles. The summed E-state index contributed by atoms with van der Waals surface area (Å²) in [6, 6.07) is 6.06. The molecule has 0 aliphatic carbocycles. The van der Waals surface area contributed by atoms with Crippen molar-refractivity contribution in [1.29, 1.82) is 0 Å². The third-order valence-electron chi connectivity index (χ3n) is 5.38. The van der Waals surface area contributed by atoms with Crippen LogP contribution in [0.5, 0.6) is 5.75 Å². The molecule has 2 fully saturated rings. The number of nitrogens with zero attached hydrogens (tertiary/aromatic N) is 1. The van der Waals surface area contributed by atoms with Crippen molar-refractivity contribution in [2.75, 3.05) is 39.5 Å². The fraction of sp³-hybridized carbons (Fsp3) is 0.611. The minimum atomic E-state index is -0.725. The van der Waals surface area contributed by atoms with E-state index in [9.17, 15) is 9.90 Å². The van der Waals surface area contributed by atoms with Crippen LogP contribution in [0.1, 0.15) is 17.5 Å². The van der Waals surface area contributed by atoms with Crippen LogP contribution in [0.4, 0.5) is 0 Å². The SMILES string of the molecule is Cc1cccc(OCCN2C[C@@H]3CCOC[C@]3(C(=O)O)C2)c1C. The summed E-state index contributed by atoms with van der Waals surface area (Å²) in [5.74, 6) is 0.382. The highest BCUT2D eigenvalue weighted by atomic mass is 16.5. The number of hydrogen-bond acceptors (Lipinski definition) is 4. The lowest BCUT2D eigenvalue weighted by Gasteiger charge is -2.34. The average Bonchev–Trinajstić information content (AvgIpc) is 2.91. The third kappa shape index (κ3) is 3.08. The zero-order valence-corrected chi connectivity index (χ0v) is 13.9. The number of carboxylic acids is 1. The number of fused-ring (bicyclic) bond motifs is 1. The van der Waals surface area contributed by atoms with Gasteiger partial charge in [0.25, 0.3) is 0 Å². The number of aliphatic carboxylic acids is 1. The fourth-order valence-electron chi connectivity index (χ4n) is 3.73. The maximum Gasteiger partial charge on any atom is 0.313 e. The van der Waals surface area contributed by atoms with Crippen molar-refractivity contribution in [1.82, 2.24) is 4.90 Å². The van der Waals surface area contributed by atoms with Gasteiger partial charge in [-0.2, -0.15) is 0 Å². The Morgan fingerprint density at radius 1 is 1.48 bits per heavy atom. The van der Waals surface area contributed by atoms with Crippen LogP contribution >= 0.6 is 0 Å². The lowest BCUT2D eigenvalue weighted by Crippen LogP contribution is -2.46. The van der Waals surface area contributed by atoms with E-state index in [-0.39, 0.29) is 5.92 Å². The molecule has 0 unspecified atom stereocenters. The number of carboxylic acid groups (broad SMARTS) is 1. The predicted octanol–water partition coefficient (Wildman–Crippen LogP) is 2.11. The summed E-state index contributed by atoms with van der Waals surface area (Å²) in [6.45, 7) is 7.85. The Morgan fingerprint density at radius 3 is 3.04 bits per heavy atom. The van der Waals surface area contributed by atoms with E-state index < -0.39 is 11.4 Å². The Hall–Kier alpha value is -1.59. The lowest BCUT2D eigenvalue weighted by molar-refractivity contribution is -0.159. The Labute approximate surface area is 137 Å². The van der Waals surface area contributed by atoms with Crippen molar-refractivity contribution < 1.29 is 19.4 Å². The van der Waals surface area contributed by atoms with E-state index in [4.69, 9.17) is 9.47 Å². The number of benzene rings is 1. The van der Waals surface area contributed by atoms with Gasteiger partial charge in [-0.3, -0.25) is 9.69 Å². The van der Waals surface area contributed by atoms with Crippen molar-refractivity contribution in [3.05, 3.63) is 29.3 Å². The highest BCUT2D eigenvalue weighted by molar-refractivity contribution is 5.76. The van der Waals surface area contributed by atoms with Crippen LogP contribution in [0.15, 0.2) is 18.2 Å². The monoisotopic (exact) mass is 319 g/mol. The second-order valence-corrected chi connectivity index (χ2v) is 6.78. The average molecular weight is 319 g/mol. The molecule has 1 N–H and O–H groups in total. The van der Waals surface area contributed by atoms with Gasteiger partial charge in [0.05, 0.1) is 6.61 Å². The summed E-state index contributed by atoms with van der Waals surface area (Å²) >= 11 is 0. The summed E-state index contributed by atoms with van der Waals surface area (Å²) in [6.07, 6.45) is 0.834. The quantitative estimate of drug-likeness (QED) is 0.901. The normalized spacial score (nSPS) is 27.7. The fourth-order valence-corrected chi connectivity index (χ4v) is 3.73. The molecule has 2 saturated heterocycles. The molecule has 2 aliphatic heterocycles. The zero-order valence-electron chi connectivity index (χ0n) is 13.9. The van der Waals surface area contributed by atoms with Gasteiger partial charge in [-0.1, -0.05) is 12.1 Å². The zero-order chi connectivity index (χ0) is 16.4. The van der Waals surface area contributed by atoms with Crippen LogP contribution in [0.25, 0.3) is 0 Å². The summed E-state index contributed by atoms with van der Waals surface area (Å²) in [4.78, 5) is 13.9. The molecule has 5 nitrogen and oxygen atoms in total. The summed E-state index contributed by atoms with van der Waals surface area (Å²) in [7, 11) is 0. The Balaban J connectivity index is 1.57. The molecule has 1 aromatic carbocycles. The third-order valence-corrected chi connectivity index (χ3v) is 5.38.